The van der Waals surface area contributed by atoms with E-state index < -0.39 is 5.97 Å². The molecule has 3 heteroatoms. The van der Waals surface area contributed by atoms with E-state index in [9.17, 15) is 4.79 Å². The molecule has 1 aromatic carbocycles. The van der Waals surface area contributed by atoms with Crippen LogP contribution in [0.2, 0.25) is 0 Å². The molecule has 0 radical (unpaired) electrons. The number of aliphatic carboxylic acids is 1. The summed E-state index contributed by atoms with van der Waals surface area (Å²) in [5.41, 5.74) is 2.35. The van der Waals surface area contributed by atoms with Gasteiger partial charge < -0.3 is 5.11 Å². The highest BCUT2D eigenvalue weighted by atomic mass is 32.2. The fourth-order valence-corrected chi connectivity index (χ4v) is 1.93. The van der Waals surface area contributed by atoms with Gasteiger partial charge in [-0.15, -0.1) is 11.8 Å². The van der Waals surface area contributed by atoms with Crippen molar-refractivity contribution in [3.05, 3.63) is 29.3 Å². The zero-order valence-electron chi connectivity index (χ0n) is 8.41. The van der Waals surface area contributed by atoms with Crippen molar-refractivity contribution in [2.24, 2.45) is 0 Å². The lowest BCUT2D eigenvalue weighted by Gasteiger charge is -2.05. The smallest absolute Gasteiger partial charge is 0.303 e. The van der Waals surface area contributed by atoms with Gasteiger partial charge in [0, 0.05) is 11.3 Å². The van der Waals surface area contributed by atoms with Crippen molar-refractivity contribution in [2.75, 3.05) is 6.26 Å². The van der Waals surface area contributed by atoms with E-state index in [2.05, 4.69) is 13.0 Å². The van der Waals surface area contributed by atoms with Crippen LogP contribution in [0.3, 0.4) is 0 Å². The Labute approximate surface area is 88.3 Å². The molecule has 14 heavy (non-hydrogen) atoms. The minimum atomic E-state index is -0.740. The number of carboxylic acid groups (broad SMARTS) is 1. The number of aryl methyl sites for hydroxylation is 2. The molecule has 2 nitrogen and oxygen atoms in total. The molecule has 0 unspecified atom stereocenters. The quantitative estimate of drug-likeness (QED) is 0.776. The van der Waals surface area contributed by atoms with E-state index in [4.69, 9.17) is 5.11 Å². The lowest BCUT2D eigenvalue weighted by Crippen LogP contribution is -1.97. The fourth-order valence-electron chi connectivity index (χ4n) is 1.27. The molecule has 1 aromatic rings. The first-order chi connectivity index (χ1) is 6.63. The second-order valence-electron chi connectivity index (χ2n) is 3.20. The molecule has 1 N–H and O–H groups in total. The van der Waals surface area contributed by atoms with Gasteiger partial charge in [-0.3, -0.25) is 4.79 Å². The number of rotatable bonds is 4. The molecule has 0 saturated heterocycles. The number of benzene rings is 1. The van der Waals surface area contributed by atoms with Crippen LogP contribution in [-0.4, -0.2) is 17.3 Å². The van der Waals surface area contributed by atoms with Crippen LogP contribution in [0.4, 0.5) is 0 Å². The van der Waals surface area contributed by atoms with Gasteiger partial charge in [0.2, 0.25) is 0 Å². The monoisotopic (exact) mass is 210 g/mol. The number of hydrogen-bond acceptors (Lipinski definition) is 2. The van der Waals surface area contributed by atoms with E-state index in [1.54, 1.807) is 11.8 Å². The summed E-state index contributed by atoms with van der Waals surface area (Å²) >= 11 is 1.70. The van der Waals surface area contributed by atoms with Crippen LogP contribution in [0.15, 0.2) is 23.1 Å². The summed E-state index contributed by atoms with van der Waals surface area (Å²) in [7, 11) is 0. The first kappa shape index (κ1) is 11.1. The molecule has 0 aromatic heterocycles. The predicted molar refractivity (Wildman–Crippen MR) is 58.9 cm³/mol. The summed E-state index contributed by atoms with van der Waals surface area (Å²) in [6, 6.07) is 6.12. The van der Waals surface area contributed by atoms with Crippen LogP contribution in [0, 0.1) is 6.92 Å². The molecule has 0 spiro atoms. The molecular formula is C11H14O2S. The van der Waals surface area contributed by atoms with E-state index in [0.717, 1.165) is 5.56 Å². The summed E-state index contributed by atoms with van der Waals surface area (Å²) in [5.74, 6) is -0.740. The Morgan fingerprint density at radius 3 is 2.79 bits per heavy atom. The molecule has 0 aliphatic rings. The van der Waals surface area contributed by atoms with Gasteiger partial charge in [-0.2, -0.15) is 0 Å². The Morgan fingerprint density at radius 1 is 1.50 bits per heavy atom. The predicted octanol–water partition coefficient (Wildman–Crippen LogP) is 2.73. The topological polar surface area (TPSA) is 37.3 Å². The summed E-state index contributed by atoms with van der Waals surface area (Å²) in [4.78, 5) is 11.6. The Balaban J connectivity index is 2.74. The van der Waals surface area contributed by atoms with Crippen molar-refractivity contribution >= 4 is 17.7 Å². The molecule has 0 bridgehead atoms. The number of carboxylic acids is 1. The van der Waals surface area contributed by atoms with Gasteiger partial charge in [0.1, 0.15) is 0 Å². The van der Waals surface area contributed by atoms with Gasteiger partial charge in [0.05, 0.1) is 0 Å². The summed E-state index contributed by atoms with van der Waals surface area (Å²) in [6.07, 6.45) is 2.85. The molecular weight excluding hydrogens is 196 g/mol. The summed E-state index contributed by atoms with van der Waals surface area (Å²) in [5, 5.41) is 8.55. The Bertz CT molecular complexity index is 334. The van der Waals surface area contributed by atoms with E-state index in [-0.39, 0.29) is 6.42 Å². The normalized spacial score (nSPS) is 10.1. The fraction of sp³-hybridized carbons (Fsp3) is 0.364. The average molecular weight is 210 g/mol. The number of hydrogen-bond donors (Lipinski definition) is 1. The highest BCUT2D eigenvalue weighted by molar-refractivity contribution is 7.98. The third-order valence-electron chi connectivity index (χ3n) is 2.10. The van der Waals surface area contributed by atoms with E-state index in [1.807, 2.05) is 18.4 Å². The van der Waals surface area contributed by atoms with Crippen molar-refractivity contribution in [3.8, 4) is 0 Å². The maximum Gasteiger partial charge on any atom is 0.303 e. The zero-order chi connectivity index (χ0) is 10.6. The van der Waals surface area contributed by atoms with Gasteiger partial charge in [0.15, 0.2) is 0 Å². The second-order valence-corrected chi connectivity index (χ2v) is 4.05. The Kier molecular flexibility index (Phi) is 4.01. The largest absolute Gasteiger partial charge is 0.481 e. The molecule has 0 aliphatic heterocycles. The van der Waals surface area contributed by atoms with Gasteiger partial charge in [-0.05, 0) is 36.8 Å². The van der Waals surface area contributed by atoms with Crippen LogP contribution < -0.4 is 0 Å². The van der Waals surface area contributed by atoms with E-state index >= 15 is 0 Å². The lowest BCUT2D eigenvalue weighted by molar-refractivity contribution is -0.136. The van der Waals surface area contributed by atoms with Crippen LogP contribution >= 0.6 is 11.8 Å². The zero-order valence-corrected chi connectivity index (χ0v) is 9.23. The van der Waals surface area contributed by atoms with Crippen LogP contribution in [0.25, 0.3) is 0 Å². The van der Waals surface area contributed by atoms with E-state index in [0.29, 0.717) is 6.42 Å². The molecule has 1 rings (SSSR count). The van der Waals surface area contributed by atoms with Gasteiger partial charge >= 0.3 is 5.97 Å². The van der Waals surface area contributed by atoms with E-state index in [1.165, 1.54) is 10.5 Å². The van der Waals surface area contributed by atoms with Crippen molar-refractivity contribution < 1.29 is 9.90 Å². The maximum absolute atomic E-state index is 10.4. The summed E-state index contributed by atoms with van der Waals surface area (Å²) in [6.45, 7) is 2.06. The van der Waals surface area contributed by atoms with Crippen molar-refractivity contribution in [1.29, 1.82) is 0 Å². The van der Waals surface area contributed by atoms with Gasteiger partial charge in [-0.1, -0.05) is 12.1 Å². The van der Waals surface area contributed by atoms with Crippen LogP contribution in [0.5, 0.6) is 0 Å². The molecule has 76 valence electrons. The van der Waals surface area contributed by atoms with Crippen molar-refractivity contribution in [3.63, 3.8) is 0 Å². The Morgan fingerprint density at radius 2 is 2.21 bits per heavy atom. The summed E-state index contributed by atoms with van der Waals surface area (Å²) < 4.78 is 0. The molecule has 0 amide bonds. The third-order valence-corrected chi connectivity index (χ3v) is 2.98. The molecule has 0 aliphatic carbocycles. The first-order valence-corrected chi connectivity index (χ1v) is 5.71. The van der Waals surface area contributed by atoms with Crippen LogP contribution in [-0.2, 0) is 11.2 Å². The van der Waals surface area contributed by atoms with Crippen molar-refractivity contribution in [1.82, 2.24) is 0 Å². The number of carbonyl (C=O) groups is 1. The molecule has 0 atom stereocenters. The molecule has 0 fully saturated rings. The molecule has 0 heterocycles. The van der Waals surface area contributed by atoms with Crippen LogP contribution in [0.1, 0.15) is 17.5 Å². The maximum atomic E-state index is 10.4. The highest BCUT2D eigenvalue weighted by Gasteiger charge is 2.02. The third kappa shape index (κ3) is 3.07. The van der Waals surface area contributed by atoms with Crippen molar-refractivity contribution in [2.45, 2.75) is 24.7 Å². The number of thioether (sulfide) groups is 1. The average Bonchev–Trinajstić information content (AvgIpc) is 2.16. The standard InChI is InChI=1S/C11H14O2S/c1-8-3-4-9(5-6-11(12)13)7-10(8)14-2/h3-4,7H,5-6H2,1-2H3,(H,12,13). The lowest BCUT2D eigenvalue weighted by atomic mass is 10.1. The minimum absolute atomic E-state index is 0.205. The first-order valence-electron chi connectivity index (χ1n) is 4.49. The minimum Gasteiger partial charge on any atom is -0.481 e. The highest BCUT2D eigenvalue weighted by Crippen LogP contribution is 2.21. The SMILES string of the molecule is CSc1cc(CCC(=O)O)ccc1C. The van der Waals surface area contributed by atoms with Gasteiger partial charge in [0.25, 0.3) is 0 Å². The Hall–Kier alpha value is -0.960. The second kappa shape index (κ2) is 5.05. The van der Waals surface area contributed by atoms with Gasteiger partial charge in [-0.25, -0.2) is 0 Å². The molecule has 0 saturated carbocycles.